The predicted molar refractivity (Wildman–Crippen MR) is 97.1 cm³/mol. The lowest BCUT2D eigenvalue weighted by molar-refractivity contribution is -0.158. The highest BCUT2D eigenvalue weighted by molar-refractivity contribution is 5.81. The number of likely N-dealkylation sites (tertiary alicyclic amines) is 1. The van der Waals surface area contributed by atoms with E-state index < -0.39 is 0 Å². The van der Waals surface area contributed by atoms with Gasteiger partial charge in [-0.15, -0.1) is 0 Å². The van der Waals surface area contributed by atoms with Gasteiger partial charge in [0.25, 0.3) is 5.91 Å². The molecule has 3 aliphatic rings. The summed E-state index contributed by atoms with van der Waals surface area (Å²) in [5.41, 5.74) is 1.29. The van der Waals surface area contributed by atoms with Crippen LogP contribution in [0.15, 0.2) is 24.3 Å². The summed E-state index contributed by atoms with van der Waals surface area (Å²) in [6.07, 6.45) is 2.76. The van der Waals surface area contributed by atoms with Gasteiger partial charge in [-0.1, -0.05) is 12.1 Å². The van der Waals surface area contributed by atoms with Gasteiger partial charge in [0.1, 0.15) is 11.9 Å². The molecule has 1 aromatic rings. The minimum atomic E-state index is -0.268. The molecule has 0 saturated carbocycles. The zero-order valence-electron chi connectivity index (χ0n) is 15.4. The number of fused-ring (bicyclic) bond motifs is 1. The summed E-state index contributed by atoms with van der Waals surface area (Å²) in [6, 6.07) is 8.70. The van der Waals surface area contributed by atoms with E-state index in [1.54, 1.807) is 7.11 Å². The number of benzene rings is 1. The SMILES string of the molecule is COc1ccc(CN2CC[C@H]3O[C@@H](C(=O)N4CCOCC4)CC[C@H]32)cc1. The summed E-state index contributed by atoms with van der Waals surface area (Å²) in [5.74, 6) is 1.04. The van der Waals surface area contributed by atoms with Crippen molar-refractivity contribution in [2.45, 2.75) is 44.1 Å². The van der Waals surface area contributed by atoms with Crippen LogP contribution in [0.25, 0.3) is 0 Å². The van der Waals surface area contributed by atoms with Gasteiger partial charge in [0.05, 0.1) is 26.4 Å². The molecular weight excluding hydrogens is 332 g/mol. The van der Waals surface area contributed by atoms with Crippen LogP contribution in [0, 0.1) is 0 Å². The van der Waals surface area contributed by atoms with Crippen LogP contribution in [-0.2, 0) is 20.8 Å². The third kappa shape index (κ3) is 3.72. The Morgan fingerprint density at radius 1 is 1.12 bits per heavy atom. The molecule has 6 nitrogen and oxygen atoms in total. The number of rotatable bonds is 4. The Kier molecular flexibility index (Phi) is 5.43. The average Bonchev–Trinajstić information content (AvgIpc) is 3.10. The molecule has 142 valence electrons. The van der Waals surface area contributed by atoms with Crippen LogP contribution in [0.3, 0.4) is 0 Å². The van der Waals surface area contributed by atoms with Gasteiger partial charge in [-0.3, -0.25) is 9.69 Å². The molecule has 1 amide bonds. The molecule has 0 bridgehead atoms. The van der Waals surface area contributed by atoms with Crippen LogP contribution >= 0.6 is 0 Å². The zero-order chi connectivity index (χ0) is 17.9. The normalized spacial score (nSPS) is 29.4. The largest absolute Gasteiger partial charge is 0.497 e. The minimum Gasteiger partial charge on any atom is -0.497 e. The second-order valence-electron chi connectivity index (χ2n) is 7.35. The summed E-state index contributed by atoms with van der Waals surface area (Å²) in [4.78, 5) is 17.1. The topological polar surface area (TPSA) is 51.2 Å². The molecule has 0 spiro atoms. The van der Waals surface area contributed by atoms with E-state index in [4.69, 9.17) is 14.2 Å². The Balaban J connectivity index is 1.33. The third-order valence-corrected chi connectivity index (χ3v) is 5.81. The molecule has 3 fully saturated rings. The lowest BCUT2D eigenvalue weighted by atomic mass is 9.98. The monoisotopic (exact) mass is 360 g/mol. The highest BCUT2D eigenvalue weighted by Crippen LogP contribution is 2.33. The van der Waals surface area contributed by atoms with Crippen molar-refractivity contribution in [1.29, 1.82) is 0 Å². The van der Waals surface area contributed by atoms with Gasteiger partial charge in [0.2, 0.25) is 0 Å². The van der Waals surface area contributed by atoms with Crippen LogP contribution in [0.1, 0.15) is 24.8 Å². The molecule has 0 N–H and O–H groups in total. The van der Waals surface area contributed by atoms with Crippen molar-refractivity contribution in [2.75, 3.05) is 40.0 Å². The molecule has 3 heterocycles. The molecular formula is C20H28N2O4. The van der Waals surface area contributed by atoms with E-state index in [0.717, 1.165) is 38.1 Å². The number of amides is 1. The number of hydrogen-bond donors (Lipinski definition) is 0. The fourth-order valence-corrected chi connectivity index (χ4v) is 4.35. The Morgan fingerprint density at radius 2 is 1.88 bits per heavy atom. The fraction of sp³-hybridized carbons (Fsp3) is 0.650. The Morgan fingerprint density at radius 3 is 2.62 bits per heavy atom. The average molecular weight is 360 g/mol. The van der Waals surface area contributed by atoms with Gasteiger partial charge in [0, 0.05) is 32.2 Å². The van der Waals surface area contributed by atoms with Gasteiger partial charge in [-0.05, 0) is 37.0 Å². The second kappa shape index (κ2) is 7.94. The molecule has 26 heavy (non-hydrogen) atoms. The van der Waals surface area contributed by atoms with Gasteiger partial charge in [-0.2, -0.15) is 0 Å². The van der Waals surface area contributed by atoms with Crippen molar-refractivity contribution < 1.29 is 19.0 Å². The van der Waals surface area contributed by atoms with Crippen molar-refractivity contribution >= 4 is 5.91 Å². The molecule has 3 atom stereocenters. The van der Waals surface area contributed by atoms with Crippen molar-refractivity contribution in [3.05, 3.63) is 29.8 Å². The Labute approximate surface area is 155 Å². The van der Waals surface area contributed by atoms with Crippen molar-refractivity contribution in [1.82, 2.24) is 9.80 Å². The maximum absolute atomic E-state index is 12.7. The summed E-state index contributed by atoms with van der Waals surface area (Å²) in [5, 5.41) is 0. The molecule has 1 aromatic carbocycles. The smallest absolute Gasteiger partial charge is 0.251 e. The number of carbonyl (C=O) groups is 1. The van der Waals surface area contributed by atoms with E-state index in [1.165, 1.54) is 5.56 Å². The first-order valence-electron chi connectivity index (χ1n) is 9.63. The molecule has 4 rings (SSSR count). The van der Waals surface area contributed by atoms with E-state index in [1.807, 2.05) is 17.0 Å². The third-order valence-electron chi connectivity index (χ3n) is 5.81. The number of nitrogens with zero attached hydrogens (tertiary/aromatic N) is 2. The number of methoxy groups -OCH3 is 1. The number of carbonyl (C=O) groups excluding carboxylic acids is 1. The van der Waals surface area contributed by atoms with E-state index >= 15 is 0 Å². The number of morpholine rings is 1. The highest BCUT2D eigenvalue weighted by Gasteiger charge is 2.42. The van der Waals surface area contributed by atoms with E-state index in [-0.39, 0.29) is 18.1 Å². The molecule has 0 aromatic heterocycles. The molecule has 6 heteroatoms. The number of ether oxygens (including phenoxy) is 3. The van der Waals surface area contributed by atoms with Crippen molar-refractivity contribution in [3.63, 3.8) is 0 Å². The minimum absolute atomic E-state index is 0.153. The molecule has 0 aliphatic carbocycles. The van der Waals surface area contributed by atoms with E-state index in [9.17, 15) is 4.79 Å². The van der Waals surface area contributed by atoms with Crippen molar-refractivity contribution in [3.8, 4) is 5.75 Å². The van der Waals surface area contributed by atoms with E-state index in [2.05, 4.69) is 17.0 Å². The highest BCUT2D eigenvalue weighted by atomic mass is 16.5. The number of hydrogen-bond acceptors (Lipinski definition) is 5. The second-order valence-corrected chi connectivity index (χ2v) is 7.35. The molecule has 3 aliphatic heterocycles. The van der Waals surface area contributed by atoms with E-state index in [0.29, 0.717) is 32.3 Å². The standard InChI is InChI=1S/C20H28N2O4/c1-24-16-4-2-15(3-5-16)14-22-9-8-18-17(22)6-7-19(26-18)20(23)21-10-12-25-13-11-21/h2-5,17-19H,6-14H2,1H3/t17-,18-,19-/m1/s1. The van der Waals surface area contributed by atoms with Gasteiger partial charge in [-0.25, -0.2) is 0 Å². The van der Waals surface area contributed by atoms with Crippen LogP contribution in [-0.4, -0.2) is 73.9 Å². The lowest BCUT2D eigenvalue weighted by Gasteiger charge is -2.38. The molecule has 3 saturated heterocycles. The Hall–Kier alpha value is -1.63. The molecule has 0 radical (unpaired) electrons. The van der Waals surface area contributed by atoms with Gasteiger partial charge < -0.3 is 19.1 Å². The first-order valence-corrected chi connectivity index (χ1v) is 9.63. The summed E-state index contributed by atoms with van der Waals surface area (Å²) < 4.78 is 16.8. The quantitative estimate of drug-likeness (QED) is 0.818. The van der Waals surface area contributed by atoms with Crippen LogP contribution in [0.2, 0.25) is 0 Å². The Bertz CT molecular complexity index is 615. The van der Waals surface area contributed by atoms with Crippen LogP contribution < -0.4 is 4.74 Å². The first-order chi connectivity index (χ1) is 12.7. The summed E-state index contributed by atoms with van der Waals surface area (Å²) in [6.45, 7) is 4.61. The summed E-state index contributed by atoms with van der Waals surface area (Å²) in [7, 11) is 1.69. The van der Waals surface area contributed by atoms with Gasteiger partial charge >= 0.3 is 0 Å². The first kappa shape index (κ1) is 17.8. The van der Waals surface area contributed by atoms with Crippen molar-refractivity contribution in [2.24, 2.45) is 0 Å². The fourth-order valence-electron chi connectivity index (χ4n) is 4.35. The maximum atomic E-state index is 12.7. The zero-order valence-corrected chi connectivity index (χ0v) is 15.4. The van der Waals surface area contributed by atoms with Gasteiger partial charge in [0.15, 0.2) is 0 Å². The van der Waals surface area contributed by atoms with Crippen LogP contribution in [0.5, 0.6) is 5.75 Å². The maximum Gasteiger partial charge on any atom is 0.251 e. The molecule has 0 unspecified atom stereocenters. The predicted octanol–water partition coefficient (Wildman–Crippen LogP) is 1.68. The van der Waals surface area contributed by atoms with Crippen LogP contribution in [0.4, 0.5) is 0 Å². The lowest BCUT2D eigenvalue weighted by Crippen LogP contribution is -2.51. The summed E-state index contributed by atoms with van der Waals surface area (Å²) >= 11 is 0.